The molecule has 9 heteroatoms. The van der Waals surface area contributed by atoms with E-state index in [0.29, 0.717) is 22.7 Å². The van der Waals surface area contributed by atoms with Crippen LogP contribution in [0.2, 0.25) is 15.3 Å². The van der Waals surface area contributed by atoms with Crippen LogP contribution in [0.4, 0.5) is 13.2 Å². The number of nitrogens with one attached hydrogen (secondary N) is 1. The van der Waals surface area contributed by atoms with Gasteiger partial charge in [0.1, 0.15) is 10.3 Å². The average Bonchev–Trinajstić information content (AvgIpc) is 2.88. The number of alkyl halides is 3. The van der Waals surface area contributed by atoms with Crippen molar-refractivity contribution in [3.63, 3.8) is 0 Å². The van der Waals surface area contributed by atoms with Crippen LogP contribution in [0.15, 0.2) is 24.5 Å². The monoisotopic (exact) mass is 365 g/mol. The molecule has 0 spiro atoms. The zero-order valence-corrected chi connectivity index (χ0v) is 12.7. The molecule has 3 rings (SSSR count). The second-order valence-electron chi connectivity index (χ2n) is 4.39. The number of rotatable bonds is 1. The van der Waals surface area contributed by atoms with E-state index in [-0.39, 0.29) is 21.0 Å². The third-order valence-corrected chi connectivity index (χ3v) is 3.88. The van der Waals surface area contributed by atoms with Gasteiger partial charge in [0.05, 0.1) is 27.4 Å². The van der Waals surface area contributed by atoms with Gasteiger partial charge in [0.25, 0.3) is 0 Å². The smallest absolute Gasteiger partial charge is 0.360 e. The zero-order valence-electron chi connectivity index (χ0n) is 10.5. The summed E-state index contributed by atoms with van der Waals surface area (Å²) in [7, 11) is 0. The molecule has 0 atom stereocenters. The molecule has 0 radical (unpaired) electrons. The van der Waals surface area contributed by atoms with Gasteiger partial charge in [-0.3, -0.25) is 4.98 Å². The molecule has 0 aliphatic heterocycles. The highest BCUT2D eigenvalue weighted by atomic mass is 35.5. The summed E-state index contributed by atoms with van der Waals surface area (Å²) < 4.78 is 38.0. The van der Waals surface area contributed by atoms with Crippen LogP contribution in [0, 0.1) is 0 Å². The summed E-state index contributed by atoms with van der Waals surface area (Å²) in [6, 6.07) is 2.46. The van der Waals surface area contributed by atoms with Gasteiger partial charge in [0.2, 0.25) is 0 Å². The summed E-state index contributed by atoms with van der Waals surface area (Å²) in [6.45, 7) is 0. The average molecular weight is 367 g/mol. The molecule has 1 N–H and O–H groups in total. The lowest BCUT2D eigenvalue weighted by molar-refractivity contribution is -0.137. The van der Waals surface area contributed by atoms with Crippen LogP contribution in [0.1, 0.15) is 5.56 Å². The van der Waals surface area contributed by atoms with Crippen LogP contribution in [-0.2, 0) is 6.18 Å². The first kappa shape index (κ1) is 15.4. The number of fused-ring (bicyclic) bond motifs is 1. The number of halogens is 6. The molecule has 0 fully saturated rings. The molecule has 0 aliphatic carbocycles. The topological polar surface area (TPSA) is 41.6 Å². The molecule has 3 aromatic rings. The van der Waals surface area contributed by atoms with Crippen molar-refractivity contribution in [1.29, 1.82) is 0 Å². The van der Waals surface area contributed by atoms with Gasteiger partial charge in [-0.05, 0) is 12.1 Å². The predicted octanol–water partition coefficient (Wildman–Crippen LogP) is 5.60. The quantitative estimate of drug-likeness (QED) is 0.569. The Balaban J connectivity index is 2.27. The highest BCUT2D eigenvalue weighted by Gasteiger charge is 2.32. The van der Waals surface area contributed by atoms with Gasteiger partial charge in [-0.25, -0.2) is 4.98 Å². The van der Waals surface area contributed by atoms with E-state index in [9.17, 15) is 13.2 Å². The predicted molar refractivity (Wildman–Crippen MR) is 79.4 cm³/mol. The first-order chi connectivity index (χ1) is 10.3. The van der Waals surface area contributed by atoms with E-state index in [1.807, 2.05) is 0 Å². The van der Waals surface area contributed by atoms with Crippen LogP contribution in [0.3, 0.4) is 0 Å². The second kappa shape index (κ2) is 5.30. The van der Waals surface area contributed by atoms with E-state index in [2.05, 4.69) is 15.0 Å². The fourth-order valence-corrected chi connectivity index (χ4v) is 2.86. The van der Waals surface area contributed by atoms with E-state index in [1.54, 1.807) is 12.3 Å². The number of aromatic amines is 1. The molecule has 0 unspecified atom stereocenters. The maximum atomic E-state index is 12.7. The van der Waals surface area contributed by atoms with Crippen LogP contribution >= 0.6 is 34.8 Å². The number of nitrogens with zero attached hydrogens (tertiary/aromatic N) is 2. The SMILES string of the molecule is FC(F)(F)c1cnc(-c2c(Cl)nc(Cl)c3cc[nH]c23)c(Cl)c1. The standard InChI is InChI=1S/C13H5Cl3F3N3/c14-7-3-5(13(17,18)19)4-21-10(7)8-9-6(1-2-20-9)11(15)22-12(8)16/h1-4,20H. The Morgan fingerprint density at radius 3 is 2.45 bits per heavy atom. The first-order valence-corrected chi connectivity index (χ1v) is 6.97. The third-order valence-electron chi connectivity index (χ3n) is 3.03. The summed E-state index contributed by atoms with van der Waals surface area (Å²) in [4.78, 5) is 10.7. The largest absolute Gasteiger partial charge is 0.417 e. The van der Waals surface area contributed by atoms with E-state index < -0.39 is 11.7 Å². The van der Waals surface area contributed by atoms with Crippen molar-refractivity contribution < 1.29 is 13.2 Å². The Morgan fingerprint density at radius 1 is 1.09 bits per heavy atom. The minimum atomic E-state index is -4.53. The van der Waals surface area contributed by atoms with Crippen molar-refractivity contribution in [1.82, 2.24) is 15.0 Å². The van der Waals surface area contributed by atoms with Gasteiger partial charge in [-0.15, -0.1) is 0 Å². The molecule has 0 amide bonds. The summed E-state index contributed by atoms with van der Waals surface area (Å²) in [5, 5.41) is 0.553. The van der Waals surface area contributed by atoms with Crippen molar-refractivity contribution in [2.75, 3.05) is 0 Å². The molecular weight excluding hydrogens is 362 g/mol. The van der Waals surface area contributed by atoms with Crippen molar-refractivity contribution in [3.8, 4) is 11.3 Å². The number of hydrogen-bond acceptors (Lipinski definition) is 2. The number of H-pyrrole nitrogens is 1. The normalized spacial score (nSPS) is 12.1. The molecular formula is C13H5Cl3F3N3. The zero-order chi connectivity index (χ0) is 16.1. The highest BCUT2D eigenvalue weighted by Crippen LogP contribution is 2.40. The molecule has 0 aromatic carbocycles. The molecule has 0 saturated carbocycles. The lowest BCUT2D eigenvalue weighted by Crippen LogP contribution is -2.06. The van der Waals surface area contributed by atoms with Crippen molar-refractivity contribution in [2.24, 2.45) is 0 Å². The van der Waals surface area contributed by atoms with Gasteiger partial charge in [-0.2, -0.15) is 13.2 Å². The molecule has 0 aliphatic rings. The Bertz CT molecular complexity index is 874. The number of hydrogen-bond donors (Lipinski definition) is 1. The van der Waals surface area contributed by atoms with Gasteiger partial charge < -0.3 is 4.98 Å². The minimum absolute atomic E-state index is 0.00545. The van der Waals surface area contributed by atoms with E-state index >= 15 is 0 Å². The van der Waals surface area contributed by atoms with Crippen LogP contribution in [-0.4, -0.2) is 15.0 Å². The Morgan fingerprint density at radius 2 is 1.82 bits per heavy atom. The molecule has 114 valence electrons. The van der Waals surface area contributed by atoms with E-state index in [1.165, 1.54) is 0 Å². The lowest BCUT2D eigenvalue weighted by Gasteiger charge is -2.11. The molecule has 0 bridgehead atoms. The second-order valence-corrected chi connectivity index (χ2v) is 5.51. The van der Waals surface area contributed by atoms with Gasteiger partial charge in [-0.1, -0.05) is 34.8 Å². The van der Waals surface area contributed by atoms with Crippen LogP contribution in [0.5, 0.6) is 0 Å². The van der Waals surface area contributed by atoms with Crippen LogP contribution < -0.4 is 0 Å². The molecule has 3 heterocycles. The summed E-state index contributed by atoms with van der Waals surface area (Å²) in [5.74, 6) is 0. The fourth-order valence-electron chi connectivity index (χ4n) is 2.05. The molecule has 3 aromatic heterocycles. The third kappa shape index (κ3) is 2.51. The van der Waals surface area contributed by atoms with Crippen molar-refractivity contribution in [2.45, 2.75) is 6.18 Å². The van der Waals surface area contributed by atoms with E-state index in [4.69, 9.17) is 34.8 Å². The summed E-state index contributed by atoms with van der Waals surface area (Å²) >= 11 is 18.0. The maximum Gasteiger partial charge on any atom is 0.417 e. The number of pyridine rings is 2. The molecule has 22 heavy (non-hydrogen) atoms. The lowest BCUT2D eigenvalue weighted by atomic mass is 10.1. The Kier molecular flexibility index (Phi) is 3.71. The van der Waals surface area contributed by atoms with Gasteiger partial charge in [0, 0.05) is 17.8 Å². The summed E-state index contributed by atoms with van der Waals surface area (Å²) in [6.07, 6.45) is -2.23. The van der Waals surface area contributed by atoms with Gasteiger partial charge in [0.15, 0.2) is 0 Å². The Labute approximate surface area is 137 Å². The Hall–Kier alpha value is -1.50. The first-order valence-electron chi connectivity index (χ1n) is 5.84. The van der Waals surface area contributed by atoms with Crippen molar-refractivity contribution in [3.05, 3.63) is 45.4 Å². The van der Waals surface area contributed by atoms with Crippen molar-refractivity contribution >= 4 is 45.7 Å². The maximum absolute atomic E-state index is 12.7. The molecule has 0 saturated heterocycles. The van der Waals surface area contributed by atoms with Crippen LogP contribution in [0.25, 0.3) is 22.2 Å². The number of aromatic nitrogens is 3. The molecule has 3 nitrogen and oxygen atoms in total. The van der Waals surface area contributed by atoms with E-state index in [0.717, 1.165) is 6.07 Å². The minimum Gasteiger partial charge on any atom is -0.360 e. The van der Waals surface area contributed by atoms with Gasteiger partial charge >= 0.3 is 6.18 Å². The summed E-state index contributed by atoms with van der Waals surface area (Å²) in [5.41, 5.74) is -0.0535. The highest BCUT2D eigenvalue weighted by molar-refractivity contribution is 6.40. The fraction of sp³-hybridized carbons (Fsp3) is 0.0769.